The van der Waals surface area contributed by atoms with Crippen molar-refractivity contribution in [2.75, 3.05) is 0 Å². The lowest BCUT2D eigenvalue weighted by Gasteiger charge is -2.64. The Bertz CT molecular complexity index is 2950. The van der Waals surface area contributed by atoms with Crippen molar-refractivity contribution in [1.29, 1.82) is 0 Å². The molecule has 5 aliphatic rings. The number of fused-ring (bicyclic) bond motifs is 1. The summed E-state index contributed by atoms with van der Waals surface area (Å²) < 4.78 is 35.6. The van der Waals surface area contributed by atoms with Gasteiger partial charge in [0.1, 0.15) is 22.5 Å². The number of pyridine rings is 3. The van der Waals surface area contributed by atoms with E-state index in [0.29, 0.717) is 40.5 Å². The number of rotatable bonds is 12. The highest BCUT2D eigenvalue weighted by Gasteiger charge is 2.68. The maximum Gasteiger partial charge on any atom is 0.526 e. The molecule has 10 rings (SSSR count). The number of ether oxygens (including phenoxy) is 3. The van der Waals surface area contributed by atoms with Gasteiger partial charge in [-0.2, -0.15) is 0 Å². The zero-order chi connectivity index (χ0) is 56.0. The molecule has 77 heavy (non-hydrogen) atoms. The van der Waals surface area contributed by atoms with Gasteiger partial charge in [-0.3, -0.25) is 24.5 Å². The predicted molar refractivity (Wildman–Crippen MR) is 282 cm³/mol. The van der Waals surface area contributed by atoms with E-state index in [-0.39, 0.29) is 64.2 Å². The van der Waals surface area contributed by atoms with Gasteiger partial charge in [-0.05, 0) is 151 Å². The highest BCUT2D eigenvalue weighted by atomic mass is 16.7. The molecular formula is C56H64B2N4O15. The van der Waals surface area contributed by atoms with E-state index < -0.39 is 66.9 Å². The number of benzene rings is 2. The van der Waals surface area contributed by atoms with Gasteiger partial charge in [0.25, 0.3) is 5.91 Å². The van der Waals surface area contributed by atoms with Crippen LogP contribution in [0, 0.1) is 17.3 Å². The number of Topliss-reactive ketones (excluding diaryl/α,β-unsaturated/α-hetero) is 1. The standard InChI is InChI=1S/C34H45BN2O8.C16H14BNO5.C6H5NO2/c1-31(2,3)42-29(39)23-14-10-12-20(27(23)41-30(40)43-32(4,5)6)16-26(37-28(38)21-13-11-15-36-19-21)35-44-25-18-22-17-24(33(22,7)8)34(25,9)45-35;19-14(11-4-2-6-18-9-11)8-12-7-10-3-1-5-13(16(20)21)15(10)23-17(12)22;8-6(9)5-2-1-3-7-4-5/h10-15,19,22,24-26H,16-18H2,1-9H3,(H,37,38);1-6,9,12,22H,7-8H2,(H,20,21);1-4H,(H,8,9)/t22-,24-,25?,26-,34-;12-;/m01./s1. The van der Waals surface area contributed by atoms with Crippen molar-refractivity contribution >= 4 is 50.0 Å². The lowest BCUT2D eigenvalue weighted by atomic mass is 9.43. The van der Waals surface area contributed by atoms with Crippen LogP contribution in [0.2, 0.25) is 5.82 Å². The van der Waals surface area contributed by atoms with Crippen LogP contribution in [-0.2, 0) is 31.6 Å². The molecular weight excluding hydrogens is 990 g/mol. The molecule has 19 nitrogen and oxygen atoms in total. The molecule has 1 saturated heterocycles. The minimum Gasteiger partial charge on any atom is -0.535 e. The second kappa shape index (κ2) is 23.4. The quantitative estimate of drug-likeness (QED) is 0.0394. The third kappa shape index (κ3) is 13.9. The molecule has 0 spiro atoms. The van der Waals surface area contributed by atoms with Crippen molar-refractivity contribution in [1.82, 2.24) is 20.3 Å². The Morgan fingerprint density at radius 1 is 0.753 bits per heavy atom. The molecule has 2 bridgehead atoms. The molecule has 2 aromatic carbocycles. The number of aromatic nitrogens is 3. The number of carbonyl (C=O) groups is 6. The lowest BCUT2D eigenvalue weighted by molar-refractivity contribution is -0.199. The van der Waals surface area contributed by atoms with E-state index in [1.165, 1.54) is 43.0 Å². The Morgan fingerprint density at radius 2 is 1.35 bits per heavy atom. The van der Waals surface area contributed by atoms with Crippen molar-refractivity contribution in [3.05, 3.63) is 149 Å². The number of aromatic carboxylic acids is 2. The number of carbonyl (C=O) groups excluding carboxylic acids is 4. The average Bonchev–Trinajstić information content (AvgIpc) is 3.76. The SMILES string of the molecule is CC(C)(C)OC(=O)Oc1c(C[C@H](NC(=O)c2cccnc2)B2OC3C[C@@H]4C[C@@H](C4(C)C)[C@]3(C)O2)cccc1C(=O)OC(C)(C)C.O=C(C[C@H]1Cc2cccc(C(=O)O)c2OB1O)c1cccnc1.O=C(O)c1cccnc1. The fourth-order valence-corrected chi connectivity index (χ4v) is 10.2. The van der Waals surface area contributed by atoms with Crippen molar-refractivity contribution in [2.45, 2.75) is 129 Å². The molecule has 4 N–H and O–H groups in total. The normalized spacial score (nSPS) is 21.0. The fourth-order valence-electron chi connectivity index (χ4n) is 10.2. The molecule has 3 saturated carbocycles. The molecule has 5 heterocycles. The summed E-state index contributed by atoms with van der Waals surface area (Å²) in [6.07, 6.45) is 10.4. The van der Waals surface area contributed by atoms with Crippen LogP contribution in [0.3, 0.4) is 0 Å². The first-order valence-electron chi connectivity index (χ1n) is 25.3. The number of hydrogen-bond acceptors (Lipinski definition) is 16. The molecule has 6 atom stereocenters. The van der Waals surface area contributed by atoms with Gasteiger partial charge in [0, 0.05) is 55.0 Å². The minimum atomic E-state index is -1.22. The van der Waals surface area contributed by atoms with Gasteiger partial charge in [-0.25, -0.2) is 19.2 Å². The van der Waals surface area contributed by atoms with Gasteiger partial charge in [0.15, 0.2) is 11.5 Å². The highest BCUT2D eigenvalue weighted by molar-refractivity contribution is 6.48. The van der Waals surface area contributed by atoms with Crippen LogP contribution in [0.25, 0.3) is 0 Å². The van der Waals surface area contributed by atoms with E-state index in [1.807, 2.05) is 0 Å². The van der Waals surface area contributed by atoms with E-state index in [9.17, 15) is 33.8 Å². The molecule has 4 fully saturated rings. The van der Waals surface area contributed by atoms with Gasteiger partial charge >= 0.3 is 38.3 Å². The molecule has 5 aromatic rings. The molecule has 3 aliphatic carbocycles. The maximum atomic E-state index is 13.5. The Labute approximate surface area is 447 Å². The van der Waals surface area contributed by atoms with Crippen LogP contribution >= 0.6 is 0 Å². The minimum absolute atomic E-state index is 0.00774. The Kier molecular flexibility index (Phi) is 17.4. The summed E-state index contributed by atoms with van der Waals surface area (Å²) in [6, 6.07) is 19.5. The summed E-state index contributed by atoms with van der Waals surface area (Å²) in [6.45, 7) is 17.1. The van der Waals surface area contributed by atoms with Crippen LogP contribution in [0.15, 0.2) is 110 Å². The Balaban J connectivity index is 0.000000221. The van der Waals surface area contributed by atoms with E-state index >= 15 is 0 Å². The molecule has 0 radical (unpaired) electrons. The van der Waals surface area contributed by atoms with Crippen LogP contribution in [0.1, 0.15) is 144 Å². The van der Waals surface area contributed by atoms with Gasteiger partial charge < -0.3 is 48.7 Å². The summed E-state index contributed by atoms with van der Waals surface area (Å²) >= 11 is 0. The molecule has 3 aromatic heterocycles. The van der Waals surface area contributed by atoms with Gasteiger partial charge in [0.05, 0.1) is 34.3 Å². The van der Waals surface area contributed by atoms with Crippen LogP contribution < -0.4 is 14.7 Å². The van der Waals surface area contributed by atoms with Crippen LogP contribution in [0.4, 0.5) is 4.79 Å². The van der Waals surface area contributed by atoms with E-state index in [1.54, 1.807) is 109 Å². The summed E-state index contributed by atoms with van der Waals surface area (Å²) in [5.41, 5.74) is 0.286. The molecule has 1 amide bonds. The number of ketones is 1. The van der Waals surface area contributed by atoms with Gasteiger partial charge in [-0.15, -0.1) is 0 Å². The number of carboxylic acid groups (broad SMARTS) is 2. The Hall–Kier alpha value is -7.48. The molecule has 1 unspecified atom stereocenters. The number of esters is 1. The number of hydrogen-bond donors (Lipinski definition) is 4. The van der Waals surface area contributed by atoms with Crippen LogP contribution in [-0.4, -0.2) is 109 Å². The highest BCUT2D eigenvalue weighted by Crippen LogP contribution is 2.65. The maximum absolute atomic E-state index is 13.5. The first kappa shape index (κ1) is 57.2. The molecule has 2 aliphatic heterocycles. The third-order valence-corrected chi connectivity index (χ3v) is 14.1. The van der Waals surface area contributed by atoms with Crippen molar-refractivity contribution in [2.24, 2.45) is 17.3 Å². The summed E-state index contributed by atoms with van der Waals surface area (Å²) in [5.74, 6) is -3.32. The largest absolute Gasteiger partial charge is 0.535 e. The van der Waals surface area contributed by atoms with Crippen LogP contribution in [0.5, 0.6) is 11.5 Å². The van der Waals surface area contributed by atoms with Crippen molar-refractivity contribution in [3.8, 4) is 11.5 Å². The van der Waals surface area contributed by atoms with Gasteiger partial charge in [0.2, 0.25) is 0 Å². The predicted octanol–water partition coefficient (Wildman–Crippen LogP) is 8.58. The van der Waals surface area contributed by atoms with Gasteiger partial charge in [-0.1, -0.05) is 38.1 Å². The first-order chi connectivity index (χ1) is 36.2. The second-order valence-corrected chi connectivity index (χ2v) is 22.2. The number of nitrogens with zero attached hydrogens (tertiary/aromatic N) is 3. The summed E-state index contributed by atoms with van der Waals surface area (Å²) in [4.78, 5) is 85.0. The number of carboxylic acids is 2. The number of para-hydroxylation sites is 2. The lowest BCUT2D eigenvalue weighted by Crippen LogP contribution is -2.65. The summed E-state index contributed by atoms with van der Waals surface area (Å²) in [5, 5.41) is 30.7. The number of nitrogens with one attached hydrogen (secondary N) is 1. The Morgan fingerprint density at radius 3 is 1.91 bits per heavy atom. The zero-order valence-corrected chi connectivity index (χ0v) is 44.6. The monoisotopic (exact) mass is 1050 g/mol. The summed E-state index contributed by atoms with van der Waals surface area (Å²) in [7, 11) is -2.01. The fraction of sp³-hybridized carbons (Fsp3) is 0.411. The second-order valence-electron chi connectivity index (χ2n) is 22.2. The zero-order valence-electron chi connectivity index (χ0n) is 44.6. The average molecular weight is 1050 g/mol. The van der Waals surface area contributed by atoms with E-state index in [2.05, 4.69) is 41.0 Å². The first-order valence-corrected chi connectivity index (χ1v) is 25.3. The topological polar surface area (TPSA) is 269 Å². The molecule has 404 valence electrons. The molecule has 21 heteroatoms. The third-order valence-electron chi connectivity index (χ3n) is 14.1. The van der Waals surface area contributed by atoms with E-state index in [4.69, 9.17) is 38.4 Å². The van der Waals surface area contributed by atoms with Crippen molar-refractivity contribution < 1.29 is 72.2 Å². The smallest absolute Gasteiger partial charge is 0.526 e. The van der Waals surface area contributed by atoms with Crippen molar-refractivity contribution in [3.63, 3.8) is 0 Å². The van der Waals surface area contributed by atoms with E-state index in [0.717, 1.165) is 12.8 Å². The number of amides is 1.